The highest BCUT2D eigenvalue weighted by molar-refractivity contribution is 7.89. The molecule has 0 saturated heterocycles. The molecule has 1 heterocycles. The van der Waals surface area contributed by atoms with Gasteiger partial charge in [0.05, 0.1) is 5.56 Å². The van der Waals surface area contributed by atoms with Gasteiger partial charge < -0.3 is 5.11 Å². The molecule has 0 bridgehead atoms. The van der Waals surface area contributed by atoms with E-state index in [1.165, 1.54) is 11.3 Å². The molecule has 5 nitrogen and oxygen atoms in total. The number of carboxylic acids is 1. The van der Waals surface area contributed by atoms with Crippen LogP contribution in [-0.4, -0.2) is 25.5 Å². The largest absolute Gasteiger partial charge is 0.478 e. The molecule has 1 aromatic heterocycles. The SMILES string of the molecule is CCC(Cc1ccccc1)NS(=O)(=O)c1c(C)sc(C)c1C(=O)O. The van der Waals surface area contributed by atoms with Gasteiger partial charge in [0.2, 0.25) is 10.0 Å². The molecule has 24 heavy (non-hydrogen) atoms. The van der Waals surface area contributed by atoms with Crippen molar-refractivity contribution in [3.63, 3.8) is 0 Å². The summed E-state index contributed by atoms with van der Waals surface area (Å²) in [7, 11) is -3.90. The van der Waals surface area contributed by atoms with Crippen LogP contribution in [-0.2, 0) is 16.4 Å². The molecule has 1 atom stereocenters. The summed E-state index contributed by atoms with van der Waals surface area (Å²) in [6.07, 6.45) is 1.17. The van der Waals surface area contributed by atoms with Crippen molar-refractivity contribution >= 4 is 27.3 Å². The number of benzene rings is 1. The Labute approximate surface area is 146 Å². The molecule has 0 aliphatic rings. The van der Waals surface area contributed by atoms with Crippen LogP contribution in [0.25, 0.3) is 0 Å². The molecule has 0 aliphatic heterocycles. The maximum atomic E-state index is 12.8. The normalized spacial score (nSPS) is 13.0. The number of hydrogen-bond donors (Lipinski definition) is 2. The second-order valence-corrected chi connectivity index (χ2v) is 8.72. The first kappa shape index (κ1) is 18.6. The van der Waals surface area contributed by atoms with Gasteiger partial charge in [-0.25, -0.2) is 17.9 Å². The summed E-state index contributed by atoms with van der Waals surface area (Å²) in [5.41, 5.74) is 0.906. The first-order chi connectivity index (χ1) is 11.3. The van der Waals surface area contributed by atoms with E-state index in [-0.39, 0.29) is 16.5 Å². The van der Waals surface area contributed by atoms with Crippen LogP contribution in [0.3, 0.4) is 0 Å². The number of aryl methyl sites for hydroxylation is 2. The molecule has 0 aliphatic carbocycles. The van der Waals surface area contributed by atoms with Gasteiger partial charge in [-0.05, 0) is 32.3 Å². The highest BCUT2D eigenvalue weighted by Gasteiger charge is 2.30. The minimum atomic E-state index is -3.90. The Morgan fingerprint density at radius 2 is 1.83 bits per heavy atom. The number of carbonyl (C=O) groups is 1. The summed E-state index contributed by atoms with van der Waals surface area (Å²) in [4.78, 5) is 12.3. The van der Waals surface area contributed by atoms with Crippen LogP contribution in [0.4, 0.5) is 0 Å². The molecular formula is C17H21NO4S2. The molecule has 7 heteroatoms. The van der Waals surface area contributed by atoms with Gasteiger partial charge in [-0.2, -0.15) is 0 Å². The molecule has 130 valence electrons. The van der Waals surface area contributed by atoms with Crippen LogP contribution >= 0.6 is 11.3 Å². The van der Waals surface area contributed by atoms with Gasteiger partial charge in [-0.1, -0.05) is 37.3 Å². The molecule has 1 aromatic carbocycles. The molecule has 0 radical (unpaired) electrons. The summed E-state index contributed by atoms with van der Waals surface area (Å²) in [6, 6.07) is 9.32. The molecule has 2 rings (SSSR count). The number of nitrogens with one attached hydrogen (secondary N) is 1. The van der Waals surface area contributed by atoms with E-state index in [1.54, 1.807) is 13.8 Å². The van der Waals surface area contributed by atoms with Crippen molar-refractivity contribution in [2.45, 2.75) is 44.6 Å². The summed E-state index contributed by atoms with van der Waals surface area (Å²) < 4.78 is 28.2. The van der Waals surface area contributed by atoms with Gasteiger partial charge in [0, 0.05) is 15.8 Å². The number of aromatic carboxylic acids is 1. The number of hydrogen-bond acceptors (Lipinski definition) is 4. The molecule has 1 unspecified atom stereocenters. The van der Waals surface area contributed by atoms with E-state index in [0.717, 1.165) is 5.56 Å². The lowest BCUT2D eigenvalue weighted by Gasteiger charge is -2.17. The Morgan fingerprint density at radius 3 is 2.38 bits per heavy atom. The lowest BCUT2D eigenvalue weighted by Crippen LogP contribution is -2.36. The lowest BCUT2D eigenvalue weighted by molar-refractivity contribution is 0.0692. The average Bonchev–Trinajstić information content (AvgIpc) is 2.82. The Balaban J connectivity index is 2.32. The highest BCUT2D eigenvalue weighted by atomic mass is 32.2. The van der Waals surface area contributed by atoms with Gasteiger partial charge in [-0.15, -0.1) is 11.3 Å². The van der Waals surface area contributed by atoms with E-state index in [1.807, 2.05) is 37.3 Å². The molecule has 0 saturated carbocycles. The van der Waals surface area contributed by atoms with Crippen LogP contribution in [0.15, 0.2) is 35.2 Å². The first-order valence-electron chi connectivity index (χ1n) is 7.65. The molecule has 0 fully saturated rings. The van der Waals surface area contributed by atoms with Gasteiger partial charge >= 0.3 is 5.97 Å². The van der Waals surface area contributed by atoms with Crippen LogP contribution in [0.5, 0.6) is 0 Å². The molecular weight excluding hydrogens is 346 g/mol. The fourth-order valence-electron chi connectivity index (χ4n) is 2.68. The van der Waals surface area contributed by atoms with Crippen molar-refractivity contribution in [3.05, 3.63) is 51.2 Å². The van der Waals surface area contributed by atoms with Crippen LogP contribution in [0.2, 0.25) is 0 Å². The fourth-order valence-corrected chi connectivity index (χ4v) is 5.84. The Bertz CT molecular complexity index is 826. The van der Waals surface area contributed by atoms with Gasteiger partial charge in [-0.3, -0.25) is 0 Å². The minimum Gasteiger partial charge on any atom is -0.478 e. The third-order valence-electron chi connectivity index (χ3n) is 3.83. The van der Waals surface area contributed by atoms with Crippen molar-refractivity contribution < 1.29 is 18.3 Å². The molecule has 0 spiro atoms. The summed E-state index contributed by atoms with van der Waals surface area (Å²) in [5, 5.41) is 9.36. The summed E-state index contributed by atoms with van der Waals surface area (Å²) in [6.45, 7) is 5.16. The molecule has 2 aromatic rings. The quantitative estimate of drug-likeness (QED) is 0.786. The second kappa shape index (κ2) is 7.46. The van der Waals surface area contributed by atoms with E-state index in [0.29, 0.717) is 22.6 Å². The highest BCUT2D eigenvalue weighted by Crippen LogP contribution is 2.31. The monoisotopic (exact) mass is 367 g/mol. The first-order valence-corrected chi connectivity index (χ1v) is 9.95. The second-order valence-electron chi connectivity index (χ2n) is 5.64. The van der Waals surface area contributed by atoms with Crippen LogP contribution in [0, 0.1) is 13.8 Å². The fraction of sp³-hybridized carbons (Fsp3) is 0.353. The summed E-state index contributed by atoms with van der Waals surface area (Å²) in [5.74, 6) is -1.21. The van der Waals surface area contributed by atoms with Crippen molar-refractivity contribution in [2.24, 2.45) is 0 Å². The van der Waals surface area contributed by atoms with Gasteiger partial charge in [0.25, 0.3) is 0 Å². The molecule has 2 N–H and O–H groups in total. The van der Waals surface area contributed by atoms with Crippen molar-refractivity contribution in [1.29, 1.82) is 0 Å². The van der Waals surface area contributed by atoms with Crippen LogP contribution in [0.1, 0.15) is 39.0 Å². The van der Waals surface area contributed by atoms with E-state index in [4.69, 9.17) is 0 Å². The van der Waals surface area contributed by atoms with Gasteiger partial charge in [0.1, 0.15) is 4.90 Å². The zero-order valence-corrected chi connectivity index (χ0v) is 15.5. The van der Waals surface area contributed by atoms with Crippen molar-refractivity contribution in [1.82, 2.24) is 4.72 Å². The van der Waals surface area contributed by atoms with Gasteiger partial charge in [0.15, 0.2) is 0 Å². The number of rotatable bonds is 7. The van der Waals surface area contributed by atoms with E-state index in [2.05, 4.69) is 4.72 Å². The predicted octanol–water partition coefficient (Wildman–Crippen LogP) is 3.36. The minimum absolute atomic E-state index is 0.107. The summed E-state index contributed by atoms with van der Waals surface area (Å²) >= 11 is 1.19. The third-order valence-corrected chi connectivity index (χ3v) is 6.67. The maximum Gasteiger partial charge on any atom is 0.338 e. The van der Waals surface area contributed by atoms with E-state index >= 15 is 0 Å². The molecule has 0 amide bonds. The van der Waals surface area contributed by atoms with Crippen LogP contribution < -0.4 is 4.72 Å². The number of sulfonamides is 1. The third kappa shape index (κ3) is 4.03. The Hall–Kier alpha value is -1.70. The number of carboxylic acid groups (broad SMARTS) is 1. The average molecular weight is 367 g/mol. The maximum absolute atomic E-state index is 12.8. The lowest BCUT2D eigenvalue weighted by atomic mass is 10.1. The predicted molar refractivity (Wildman–Crippen MR) is 95.3 cm³/mol. The van der Waals surface area contributed by atoms with Crippen molar-refractivity contribution in [3.8, 4) is 0 Å². The zero-order valence-electron chi connectivity index (χ0n) is 13.9. The zero-order chi connectivity index (χ0) is 17.9. The smallest absolute Gasteiger partial charge is 0.338 e. The van der Waals surface area contributed by atoms with Crippen molar-refractivity contribution in [2.75, 3.05) is 0 Å². The Morgan fingerprint density at radius 1 is 1.21 bits per heavy atom. The number of thiophene rings is 1. The topological polar surface area (TPSA) is 83.5 Å². The Kier molecular flexibility index (Phi) is 5.79. The van der Waals surface area contributed by atoms with E-state index < -0.39 is 16.0 Å². The van der Waals surface area contributed by atoms with E-state index in [9.17, 15) is 18.3 Å². The standard InChI is InChI=1S/C17H21NO4S2/c1-4-14(10-13-8-6-5-7-9-13)18-24(21,22)16-12(3)23-11(2)15(16)17(19)20/h5-9,14,18H,4,10H2,1-3H3,(H,19,20).